The Labute approximate surface area is 180 Å². The van der Waals surface area contributed by atoms with Crippen molar-refractivity contribution in [3.8, 4) is 0 Å². The minimum atomic E-state index is -0.264. The topological polar surface area (TPSA) is 86.4 Å². The van der Waals surface area contributed by atoms with Crippen molar-refractivity contribution in [2.75, 3.05) is 20.1 Å². The van der Waals surface area contributed by atoms with Gasteiger partial charge in [-0.2, -0.15) is 0 Å². The number of aryl methyl sites for hydroxylation is 1. The van der Waals surface area contributed by atoms with E-state index in [0.717, 1.165) is 18.4 Å². The molecule has 0 unspecified atom stereocenters. The summed E-state index contributed by atoms with van der Waals surface area (Å²) in [5.74, 6) is 0.0983. The predicted octanol–water partition coefficient (Wildman–Crippen LogP) is 2.74. The van der Waals surface area contributed by atoms with Gasteiger partial charge in [-0.05, 0) is 44.0 Å². The van der Waals surface area contributed by atoms with Crippen molar-refractivity contribution >= 4 is 22.7 Å². The van der Waals surface area contributed by atoms with E-state index in [9.17, 15) is 14.4 Å². The highest BCUT2D eigenvalue weighted by Crippen LogP contribution is 2.21. The lowest BCUT2D eigenvalue weighted by atomic mass is 9.96. The Hall–Kier alpha value is -3.48. The molecule has 1 saturated heterocycles. The molecule has 2 aromatic carbocycles. The number of piperidine rings is 1. The lowest BCUT2D eigenvalue weighted by molar-refractivity contribution is -0.136. The molecular weight excluding hydrogens is 392 g/mol. The van der Waals surface area contributed by atoms with Crippen LogP contribution < -0.4 is 5.56 Å². The van der Waals surface area contributed by atoms with Crippen LogP contribution in [0.2, 0.25) is 0 Å². The summed E-state index contributed by atoms with van der Waals surface area (Å²) in [4.78, 5) is 48.8. The molecule has 2 amide bonds. The fraction of sp³-hybridized carbons (Fsp3) is 0.333. The third kappa shape index (κ3) is 4.50. The monoisotopic (exact) mass is 418 g/mol. The number of fused-ring (bicyclic) bond motifs is 1. The van der Waals surface area contributed by atoms with Gasteiger partial charge >= 0.3 is 0 Å². The second-order valence-electron chi connectivity index (χ2n) is 8.18. The molecule has 0 aliphatic carbocycles. The van der Waals surface area contributed by atoms with Gasteiger partial charge in [-0.1, -0.05) is 29.8 Å². The molecule has 7 heteroatoms. The van der Waals surface area contributed by atoms with E-state index >= 15 is 0 Å². The van der Waals surface area contributed by atoms with Crippen molar-refractivity contribution in [2.45, 2.75) is 26.3 Å². The molecule has 1 aromatic heterocycles. The molecule has 0 saturated carbocycles. The molecule has 0 radical (unpaired) electrons. The molecule has 7 nitrogen and oxygen atoms in total. The Kier molecular flexibility index (Phi) is 5.84. The fourth-order valence-electron chi connectivity index (χ4n) is 4.07. The van der Waals surface area contributed by atoms with E-state index in [1.165, 1.54) is 0 Å². The van der Waals surface area contributed by atoms with Crippen molar-refractivity contribution in [1.29, 1.82) is 0 Å². The van der Waals surface area contributed by atoms with Crippen molar-refractivity contribution in [2.24, 2.45) is 5.92 Å². The number of carbonyl (C=O) groups excluding carboxylic acids is 2. The number of nitrogens with one attached hydrogen (secondary N) is 1. The molecule has 0 bridgehead atoms. The first kappa shape index (κ1) is 20.8. The van der Waals surface area contributed by atoms with Gasteiger partial charge < -0.3 is 14.8 Å². The molecule has 31 heavy (non-hydrogen) atoms. The van der Waals surface area contributed by atoms with Gasteiger partial charge in [0.05, 0.1) is 23.4 Å². The molecule has 3 aromatic rings. The quantitative estimate of drug-likeness (QED) is 0.706. The highest BCUT2D eigenvalue weighted by atomic mass is 16.2. The van der Waals surface area contributed by atoms with Gasteiger partial charge in [0.1, 0.15) is 5.82 Å². The molecule has 160 valence electrons. The molecule has 0 spiro atoms. The van der Waals surface area contributed by atoms with Gasteiger partial charge in [0.2, 0.25) is 5.91 Å². The third-order valence-corrected chi connectivity index (χ3v) is 5.78. The van der Waals surface area contributed by atoms with E-state index in [-0.39, 0.29) is 29.8 Å². The smallest absolute Gasteiger partial charge is 0.258 e. The van der Waals surface area contributed by atoms with Gasteiger partial charge in [0.15, 0.2) is 0 Å². The van der Waals surface area contributed by atoms with Gasteiger partial charge in [0.25, 0.3) is 11.5 Å². The number of rotatable bonds is 4. The molecule has 1 aliphatic rings. The zero-order valence-corrected chi connectivity index (χ0v) is 17.8. The second kappa shape index (κ2) is 8.71. The number of nitrogens with zero attached hydrogens (tertiary/aromatic N) is 3. The number of carbonyl (C=O) groups is 2. The Morgan fingerprint density at radius 2 is 1.90 bits per heavy atom. The molecule has 1 atom stereocenters. The highest BCUT2D eigenvalue weighted by Gasteiger charge is 2.30. The maximum Gasteiger partial charge on any atom is 0.258 e. The van der Waals surface area contributed by atoms with E-state index in [0.29, 0.717) is 35.4 Å². The summed E-state index contributed by atoms with van der Waals surface area (Å²) in [6, 6.07) is 14.6. The summed E-state index contributed by atoms with van der Waals surface area (Å²) in [6.07, 6.45) is 1.52. The van der Waals surface area contributed by atoms with Crippen molar-refractivity contribution in [3.05, 3.63) is 75.8 Å². The molecule has 4 rings (SSSR count). The van der Waals surface area contributed by atoms with Crippen LogP contribution in [0.4, 0.5) is 0 Å². The van der Waals surface area contributed by atoms with Crippen LogP contribution in [-0.2, 0) is 11.3 Å². The zero-order valence-electron chi connectivity index (χ0n) is 17.8. The van der Waals surface area contributed by atoms with E-state index < -0.39 is 0 Å². The number of benzene rings is 2. The third-order valence-electron chi connectivity index (χ3n) is 5.78. The van der Waals surface area contributed by atoms with E-state index in [2.05, 4.69) is 9.97 Å². The number of aromatic amines is 1. The van der Waals surface area contributed by atoms with Crippen LogP contribution in [0.3, 0.4) is 0 Å². The number of hydrogen-bond acceptors (Lipinski definition) is 4. The summed E-state index contributed by atoms with van der Waals surface area (Å²) in [5.41, 5.74) is 2.14. The minimum Gasteiger partial charge on any atom is -0.338 e. The van der Waals surface area contributed by atoms with E-state index in [1.54, 1.807) is 35.0 Å². The molecule has 1 aliphatic heterocycles. The maximum absolute atomic E-state index is 13.1. The predicted molar refractivity (Wildman–Crippen MR) is 119 cm³/mol. The Morgan fingerprint density at radius 1 is 1.16 bits per heavy atom. The zero-order chi connectivity index (χ0) is 22.0. The molecule has 1 N–H and O–H groups in total. The first-order valence-corrected chi connectivity index (χ1v) is 10.5. The summed E-state index contributed by atoms with van der Waals surface area (Å²) >= 11 is 0. The second-order valence-corrected chi connectivity index (χ2v) is 8.18. The Balaban J connectivity index is 1.44. The van der Waals surface area contributed by atoms with Crippen LogP contribution >= 0.6 is 0 Å². The number of aromatic nitrogens is 2. The van der Waals surface area contributed by atoms with Crippen LogP contribution in [0.1, 0.15) is 34.6 Å². The Bertz CT molecular complexity index is 1170. The number of likely N-dealkylation sites (tertiary alicyclic amines) is 1. The van der Waals surface area contributed by atoms with Gasteiger partial charge in [0, 0.05) is 25.7 Å². The van der Waals surface area contributed by atoms with E-state index in [1.807, 2.05) is 37.3 Å². The lowest BCUT2D eigenvalue weighted by Gasteiger charge is -2.34. The molecule has 1 fully saturated rings. The van der Waals surface area contributed by atoms with Crippen LogP contribution in [0, 0.1) is 12.8 Å². The minimum absolute atomic E-state index is 0.0410. The van der Waals surface area contributed by atoms with Crippen molar-refractivity contribution < 1.29 is 9.59 Å². The number of para-hydroxylation sites is 1. The van der Waals surface area contributed by atoms with Crippen LogP contribution in [0.5, 0.6) is 0 Å². The summed E-state index contributed by atoms with van der Waals surface area (Å²) in [6.45, 7) is 3.25. The maximum atomic E-state index is 13.1. The van der Waals surface area contributed by atoms with Crippen molar-refractivity contribution in [1.82, 2.24) is 19.8 Å². The highest BCUT2D eigenvalue weighted by molar-refractivity contribution is 5.94. The standard InChI is InChI=1S/C24H26N4O3/c1-16-9-11-17(12-10-16)24(31)28-13-5-6-18(14-28)23(30)27(2)15-21-25-20-8-4-3-7-19(20)22(29)26-21/h3-4,7-12,18H,5-6,13-15H2,1-2H3,(H,25,26,29)/t18-/m1/s1. The number of amides is 2. The average Bonchev–Trinajstić information content (AvgIpc) is 2.78. The first-order valence-electron chi connectivity index (χ1n) is 10.5. The van der Waals surface area contributed by atoms with Crippen LogP contribution in [-0.4, -0.2) is 51.7 Å². The average molecular weight is 418 g/mol. The van der Waals surface area contributed by atoms with Gasteiger partial charge in [-0.3, -0.25) is 14.4 Å². The van der Waals surface area contributed by atoms with Gasteiger partial charge in [-0.15, -0.1) is 0 Å². The first-order chi connectivity index (χ1) is 14.9. The van der Waals surface area contributed by atoms with Crippen LogP contribution in [0.15, 0.2) is 53.3 Å². The summed E-state index contributed by atoms with van der Waals surface area (Å²) in [5, 5.41) is 0.526. The number of hydrogen-bond donors (Lipinski definition) is 1. The summed E-state index contributed by atoms with van der Waals surface area (Å²) < 4.78 is 0. The largest absolute Gasteiger partial charge is 0.338 e. The fourth-order valence-corrected chi connectivity index (χ4v) is 4.07. The lowest BCUT2D eigenvalue weighted by Crippen LogP contribution is -2.45. The van der Waals surface area contributed by atoms with Crippen LogP contribution in [0.25, 0.3) is 10.9 Å². The molecular formula is C24H26N4O3. The van der Waals surface area contributed by atoms with Gasteiger partial charge in [-0.25, -0.2) is 4.98 Å². The summed E-state index contributed by atoms with van der Waals surface area (Å²) in [7, 11) is 1.71. The normalized spacial score (nSPS) is 16.3. The van der Waals surface area contributed by atoms with Crippen molar-refractivity contribution in [3.63, 3.8) is 0 Å². The Morgan fingerprint density at radius 3 is 2.68 bits per heavy atom. The van der Waals surface area contributed by atoms with E-state index in [4.69, 9.17) is 0 Å². The SMILES string of the molecule is Cc1ccc(C(=O)N2CCC[C@@H](C(=O)N(C)Cc3nc4ccccc4c(=O)[nH]3)C2)cc1. The molecule has 2 heterocycles. The number of H-pyrrole nitrogens is 1.